The molecular weight excluding hydrogens is 130 g/mol. The Balaban J connectivity index is 1.91. The molecule has 1 aliphatic rings. The zero-order valence-corrected chi connectivity index (χ0v) is 6.21. The van der Waals surface area contributed by atoms with Crippen molar-refractivity contribution < 1.29 is 9.47 Å². The SMILES string of the molecule is NCCOC[C@H]1CCCO1. The van der Waals surface area contributed by atoms with E-state index in [1.807, 2.05) is 0 Å². The number of ether oxygens (including phenoxy) is 2. The van der Waals surface area contributed by atoms with Crippen molar-refractivity contribution in [2.45, 2.75) is 18.9 Å². The van der Waals surface area contributed by atoms with E-state index >= 15 is 0 Å². The van der Waals surface area contributed by atoms with E-state index in [0.29, 0.717) is 19.3 Å². The third-order valence-electron chi connectivity index (χ3n) is 1.59. The zero-order valence-electron chi connectivity index (χ0n) is 6.21. The molecule has 0 aromatic rings. The maximum atomic E-state index is 5.33. The number of hydrogen-bond donors (Lipinski definition) is 1. The first-order valence-electron chi connectivity index (χ1n) is 3.83. The van der Waals surface area contributed by atoms with E-state index in [9.17, 15) is 0 Å². The van der Waals surface area contributed by atoms with Gasteiger partial charge in [-0.1, -0.05) is 0 Å². The van der Waals surface area contributed by atoms with Gasteiger partial charge in [-0.05, 0) is 12.8 Å². The summed E-state index contributed by atoms with van der Waals surface area (Å²) in [7, 11) is 0. The molecule has 1 atom stereocenters. The van der Waals surface area contributed by atoms with Crippen LogP contribution < -0.4 is 5.73 Å². The Morgan fingerprint density at radius 3 is 3.10 bits per heavy atom. The average Bonchev–Trinajstić information content (AvgIpc) is 2.41. The van der Waals surface area contributed by atoms with Crippen molar-refractivity contribution in [2.75, 3.05) is 26.4 Å². The lowest BCUT2D eigenvalue weighted by molar-refractivity contribution is 0.0199. The molecule has 0 unspecified atom stereocenters. The van der Waals surface area contributed by atoms with Crippen LogP contribution in [0.3, 0.4) is 0 Å². The fraction of sp³-hybridized carbons (Fsp3) is 1.00. The van der Waals surface area contributed by atoms with Crippen LogP contribution in [-0.2, 0) is 9.47 Å². The van der Waals surface area contributed by atoms with Gasteiger partial charge < -0.3 is 15.2 Å². The Kier molecular flexibility index (Phi) is 3.72. The summed E-state index contributed by atoms with van der Waals surface area (Å²) in [6, 6.07) is 0. The van der Waals surface area contributed by atoms with Crippen LogP contribution in [0.4, 0.5) is 0 Å². The van der Waals surface area contributed by atoms with Crippen LogP contribution in [0, 0.1) is 0 Å². The molecule has 0 aliphatic carbocycles. The van der Waals surface area contributed by atoms with Gasteiger partial charge in [-0.2, -0.15) is 0 Å². The largest absolute Gasteiger partial charge is 0.377 e. The second kappa shape index (κ2) is 4.66. The second-order valence-corrected chi connectivity index (χ2v) is 2.50. The Bertz CT molecular complexity index is 81.7. The summed E-state index contributed by atoms with van der Waals surface area (Å²) in [5, 5.41) is 0. The predicted octanol–water partition coefficient (Wildman–Crippen LogP) is 0.141. The van der Waals surface area contributed by atoms with Gasteiger partial charge in [-0.15, -0.1) is 0 Å². The topological polar surface area (TPSA) is 44.5 Å². The number of hydrogen-bond acceptors (Lipinski definition) is 3. The highest BCUT2D eigenvalue weighted by molar-refractivity contribution is 4.63. The Morgan fingerprint density at radius 2 is 2.50 bits per heavy atom. The molecule has 1 rings (SSSR count). The third kappa shape index (κ3) is 2.64. The molecule has 0 aromatic carbocycles. The van der Waals surface area contributed by atoms with Gasteiger partial charge in [-0.3, -0.25) is 0 Å². The van der Waals surface area contributed by atoms with E-state index in [1.54, 1.807) is 0 Å². The highest BCUT2D eigenvalue weighted by Gasteiger charge is 2.14. The highest BCUT2D eigenvalue weighted by atomic mass is 16.5. The van der Waals surface area contributed by atoms with Gasteiger partial charge in [0, 0.05) is 13.2 Å². The van der Waals surface area contributed by atoms with E-state index in [2.05, 4.69) is 0 Å². The van der Waals surface area contributed by atoms with Crippen molar-refractivity contribution in [3.8, 4) is 0 Å². The molecule has 3 heteroatoms. The molecule has 0 amide bonds. The van der Waals surface area contributed by atoms with Gasteiger partial charge in [0.2, 0.25) is 0 Å². The van der Waals surface area contributed by atoms with Crippen molar-refractivity contribution in [2.24, 2.45) is 5.73 Å². The molecule has 1 aliphatic heterocycles. The average molecular weight is 145 g/mol. The Morgan fingerprint density at radius 1 is 1.60 bits per heavy atom. The Labute approximate surface area is 61.5 Å². The summed E-state index contributed by atoms with van der Waals surface area (Å²) < 4.78 is 10.6. The summed E-state index contributed by atoms with van der Waals surface area (Å²) >= 11 is 0. The molecule has 0 spiro atoms. The second-order valence-electron chi connectivity index (χ2n) is 2.50. The number of rotatable bonds is 4. The lowest BCUT2D eigenvalue weighted by atomic mass is 10.2. The highest BCUT2D eigenvalue weighted by Crippen LogP contribution is 2.11. The molecule has 0 aromatic heterocycles. The lowest BCUT2D eigenvalue weighted by Crippen LogP contribution is -2.17. The summed E-state index contributed by atoms with van der Waals surface area (Å²) in [6.45, 7) is 2.88. The minimum Gasteiger partial charge on any atom is -0.377 e. The fourth-order valence-electron chi connectivity index (χ4n) is 1.07. The molecule has 10 heavy (non-hydrogen) atoms. The van der Waals surface area contributed by atoms with Gasteiger partial charge in [0.15, 0.2) is 0 Å². The third-order valence-corrected chi connectivity index (χ3v) is 1.59. The maximum absolute atomic E-state index is 5.33. The monoisotopic (exact) mass is 145 g/mol. The van der Waals surface area contributed by atoms with E-state index < -0.39 is 0 Å². The van der Waals surface area contributed by atoms with Crippen LogP contribution >= 0.6 is 0 Å². The summed E-state index contributed by atoms with van der Waals surface area (Å²) in [4.78, 5) is 0. The molecule has 0 saturated carbocycles. The van der Waals surface area contributed by atoms with Crippen molar-refractivity contribution in [1.82, 2.24) is 0 Å². The minimum atomic E-state index is 0.339. The normalized spacial score (nSPS) is 25.5. The zero-order chi connectivity index (χ0) is 7.23. The first-order chi connectivity index (χ1) is 4.93. The molecule has 0 radical (unpaired) electrons. The lowest BCUT2D eigenvalue weighted by Gasteiger charge is -2.08. The first kappa shape index (κ1) is 7.98. The summed E-state index contributed by atoms with van der Waals surface area (Å²) in [6.07, 6.45) is 2.66. The fourth-order valence-corrected chi connectivity index (χ4v) is 1.07. The van der Waals surface area contributed by atoms with Crippen molar-refractivity contribution in [1.29, 1.82) is 0 Å². The molecule has 60 valence electrons. The van der Waals surface area contributed by atoms with Gasteiger partial charge in [0.25, 0.3) is 0 Å². The van der Waals surface area contributed by atoms with Gasteiger partial charge in [0.1, 0.15) is 0 Å². The predicted molar refractivity (Wildman–Crippen MR) is 38.8 cm³/mol. The van der Waals surface area contributed by atoms with Gasteiger partial charge in [0.05, 0.1) is 19.3 Å². The summed E-state index contributed by atoms with van der Waals surface area (Å²) in [5.74, 6) is 0. The molecular formula is C7H15NO2. The van der Waals surface area contributed by atoms with E-state index in [0.717, 1.165) is 19.6 Å². The van der Waals surface area contributed by atoms with Gasteiger partial charge in [-0.25, -0.2) is 0 Å². The van der Waals surface area contributed by atoms with Crippen molar-refractivity contribution in [3.63, 3.8) is 0 Å². The molecule has 2 N–H and O–H groups in total. The van der Waals surface area contributed by atoms with Crippen LogP contribution in [0.5, 0.6) is 0 Å². The molecule has 1 saturated heterocycles. The maximum Gasteiger partial charge on any atom is 0.0809 e. The van der Waals surface area contributed by atoms with Crippen molar-refractivity contribution in [3.05, 3.63) is 0 Å². The van der Waals surface area contributed by atoms with Crippen LogP contribution in [0.25, 0.3) is 0 Å². The van der Waals surface area contributed by atoms with Crippen LogP contribution in [-0.4, -0.2) is 32.5 Å². The number of nitrogens with two attached hydrogens (primary N) is 1. The van der Waals surface area contributed by atoms with Gasteiger partial charge >= 0.3 is 0 Å². The smallest absolute Gasteiger partial charge is 0.0809 e. The minimum absolute atomic E-state index is 0.339. The Hall–Kier alpha value is -0.120. The van der Waals surface area contributed by atoms with Crippen molar-refractivity contribution >= 4 is 0 Å². The van der Waals surface area contributed by atoms with Crippen LogP contribution in [0.2, 0.25) is 0 Å². The quantitative estimate of drug-likeness (QED) is 0.572. The standard InChI is InChI=1S/C7H15NO2/c8-3-5-9-6-7-2-1-4-10-7/h7H,1-6,8H2/t7-/m1/s1. The van der Waals surface area contributed by atoms with Crippen LogP contribution in [0.1, 0.15) is 12.8 Å². The first-order valence-corrected chi connectivity index (χ1v) is 3.83. The summed E-state index contributed by atoms with van der Waals surface area (Å²) in [5.41, 5.74) is 5.25. The van der Waals surface area contributed by atoms with E-state index in [4.69, 9.17) is 15.2 Å². The van der Waals surface area contributed by atoms with Crippen LogP contribution in [0.15, 0.2) is 0 Å². The molecule has 1 heterocycles. The van der Waals surface area contributed by atoms with E-state index in [1.165, 1.54) is 6.42 Å². The molecule has 3 nitrogen and oxygen atoms in total. The molecule has 1 fully saturated rings. The molecule has 0 bridgehead atoms. The van der Waals surface area contributed by atoms with E-state index in [-0.39, 0.29) is 0 Å².